The number of rotatable bonds is 11. The quantitative estimate of drug-likeness (QED) is 0.345. The largest absolute Gasteiger partial charge is 0.382 e. The van der Waals surface area contributed by atoms with E-state index in [1.165, 1.54) is 38.9 Å². The van der Waals surface area contributed by atoms with E-state index < -0.39 is 0 Å². The van der Waals surface area contributed by atoms with Gasteiger partial charge in [0.1, 0.15) is 0 Å². The van der Waals surface area contributed by atoms with Crippen molar-refractivity contribution in [3.8, 4) is 0 Å². The van der Waals surface area contributed by atoms with Gasteiger partial charge >= 0.3 is 0 Å². The van der Waals surface area contributed by atoms with Crippen molar-refractivity contribution in [2.24, 2.45) is 16.8 Å². The minimum Gasteiger partial charge on any atom is -0.382 e. The second kappa shape index (κ2) is 13.5. The van der Waals surface area contributed by atoms with E-state index >= 15 is 0 Å². The first kappa shape index (κ1) is 21.2. The molecule has 1 saturated heterocycles. The lowest BCUT2D eigenvalue weighted by Crippen LogP contribution is -2.40. The zero-order valence-corrected chi connectivity index (χ0v) is 16.4. The molecule has 24 heavy (non-hydrogen) atoms. The first-order valence-corrected chi connectivity index (χ1v) is 9.90. The molecule has 0 radical (unpaired) electrons. The molecule has 1 aliphatic heterocycles. The molecule has 2 unspecified atom stereocenters. The van der Waals surface area contributed by atoms with Gasteiger partial charge < -0.3 is 20.3 Å². The Morgan fingerprint density at radius 3 is 2.25 bits per heavy atom. The molecule has 2 atom stereocenters. The molecule has 142 valence electrons. The summed E-state index contributed by atoms with van der Waals surface area (Å²) in [7, 11) is 1.84. The number of ether oxygens (including phenoxy) is 1. The fraction of sp³-hybridized carbons (Fsp3) is 0.947. The molecule has 5 nitrogen and oxygen atoms in total. The van der Waals surface area contributed by atoms with Crippen LogP contribution < -0.4 is 10.6 Å². The minimum absolute atomic E-state index is 0.811. The Morgan fingerprint density at radius 2 is 1.67 bits per heavy atom. The van der Waals surface area contributed by atoms with E-state index in [-0.39, 0.29) is 0 Å². The van der Waals surface area contributed by atoms with Gasteiger partial charge in [-0.15, -0.1) is 0 Å². The van der Waals surface area contributed by atoms with Gasteiger partial charge in [-0.2, -0.15) is 0 Å². The van der Waals surface area contributed by atoms with Crippen LogP contribution in [0.1, 0.15) is 52.9 Å². The molecule has 1 aliphatic rings. The maximum atomic E-state index is 5.34. The summed E-state index contributed by atoms with van der Waals surface area (Å²) in [4.78, 5) is 6.93. The second-order valence-corrected chi connectivity index (χ2v) is 7.24. The molecule has 0 amide bonds. The van der Waals surface area contributed by atoms with Crippen LogP contribution in [0.3, 0.4) is 0 Å². The van der Waals surface area contributed by atoms with Crippen molar-refractivity contribution in [2.75, 3.05) is 53.0 Å². The van der Waals surface area contributed by atoms with Crippen LogP contribution in [0.4, 0.5) is 0 Å². The maximum Gasteiger partial charge on any atom is 0.190 e. The van der Waals surface area contributed by atoms with Gasteiger partial charge in [-0.25, -0.2) is 0 Å². The molecule has 0 saturated carbocycles. The normalized spacial score (nSPS) is 22.6. The van der Waals surface area contributed by atoms with E-state index in [1.807, 2.05) is 14.0 Å². The number of hydrogen-bond donors (Lipinski definition) is 2. The van der Waals surface area contributed by atoms with Crippen LogP contribution in [0.5, 0.6) is 0 Å². The lowest BCUT2D eigenvalue weighted by atomic mass is 9.92. The summed E-state index contributed by atoms with van der Waals surface area (Å²) in [5, 5.41) is 6.79. The number of nitrogens with zero attached hydrogens (tertiary/aromatic N) is 2. The summed E-state index contributed by atoms with van der Waals surface area (Å²) in [6.07, 6.45) is 6.07. The smallest absolute Gasteiger partial charge is 0.190 e. The Kier molecular flexibility index (Phi) is 11.9. The number of hydrogen-bond acceptors (Lipinski definition) is 3. The zero-order chi connectivity index (χ0) is 17.6. The van der Waals surface area contributed by atoms with Crippen LogP contribution >= 0.6 is 0 Å². The molecular weight excluding hydrogens is 300 g/mol. The van der Waals surface area contributed by atoms with Crippen LogP contribution in [0.25, 0.3) is 0 Å². The van der Waals surface area contributed by atoms with Crippen molar-refractivity contribution in [1.29, 1.82) is 0 Å². The number of guanidine groups is 1. The Balaban J connectivity index is 2.00. The highest BCUT2D eigenvalue weighted by molar-refractivity contribution is 5.79. The average molecular weight is 341 g/mol. The lowest BCUT2D eigenvalue weighted by Gasteiger charge is -2.34. The van der Waals surface area contributed by atoms with Crippen molar-refractivity contribution < 1.29 is 4.74 Å². The molecule has 5 heteroatoms. The first-order chi connectivity index (χ1) is 11.7. The number of piperidine rings is 1. The highest BCUT2D eigenvalue weighted by atomic mass is 16.5. The summed E-state index contributed by atoms with van der Waals surface area (Å²) in [6, 6.07) is 0. The highest BCUT2D eigenvalue weighted by Crippen LogP contribution is 2.20. The van der Waals surface area contributed by atoms with Gasteiger partial charge in [-0.3, -0.25) is 4.99 Å². The molecule has 0 bridgehead atoms. The zero-order valence-electron chi connectivity index (χ0n) is 16.4. The Morgan fingerprint density at radius 1 is 1.04 bits per heavy atom. The lowest BCUT2D eigenvalue weighted by molar-refractivity contribution is 0.139. The van der Waals surface area contributed by atoms with E-state index in [9.17, 15) is 0 Å². The predicted molar refractivity (Wildman–Crippen MR) is 104 cm³/mol. The molecule has 0 spiro atoms. The molecule has 1 rings (SSSR count). The molecule has 2 N–H and O–H groups in total. The minimum atomic E-state index is 0.811. The molecule has 0 aliphatic carbocycles. The van der Waals surface area contributed by atoms with Gasteiger partial charge in [-0.1, -0.05) is 13.8 Å². The molecule has 0 aromatic rings. The van der Waals surface area contributed by atoms with Crippen molar-refractivity contribution in [3.63, 3.8) is 0 Å². The topological polar surface area (TPSA) is 48.9 Å². The van der Waals surface area contributed by atoms with E-state index in [2.05, 4.69) is 34.4 Å². The fourth-order valence-corrected chi connectivity index (χ4v) is 3.54. The van der Waals surface area contributed by atoms with E-state index in [0.29, 0.717) is 0 Å². The van der Waals surface area contributed by atoms with Gasteiger partial charge in [0.2, 0.25) is 0 Å². The van der Waals surface area contributed by atoms with Crippen LogP contribution in [-0.4, -0.2) is 63.8 Å². The van der Waals surface area contributed by atoms with Crippen LogP contribution in [0, 0.1) is 11.8 Å². The number of unbranched alkanes of at least 4 members (excludes halogenated alkanes) is 2. The van der Waals surface area contributed by atoms with Crippen LogP contribution in [-0.2, 0) is 4.74 Å². The van der Waals surface area contributed by atoms with Crippen LogP contribution in [0.2, 0.25) is 0 Å². The third kappa shape index (κ3) is 10.1. The Hall–Kier alpha value is -0.810. The third-order valence-corrected chi connectivity index (χ3v) is 4.57. The summed E-state index contributed by atoms with van der Waals surface area (Å²) >= 11 is 0. The standard InChI is InChI=1S/C19H40N4O/c1-5-24-13-9-7-11-22-19(20-4)21-10-6-8-12-23-15-17(2)14-18(3)16-23/h17-18H,5-16H2,1-4H3,(H2,20,21,22). The first-order valence-electron chi connectivity index (χ1n) is 9.90. The van der Waals surface area contributed by atoms with Gasteiger partial charge in [0.25, 0.3) is 0 Å². The van der Waals surface area contributed by atoms with E-state index in [4.69, 9.17) is 4.74 Å². The van der Waals surface area contributed by atoms with Gasteiger partial charge in [0.05, 0.1) is 0 Å². The number of aliphatic imine (C=N–C) groups is 1. The Bertz CT molecular complexity index is 325. The Labute approximate surface area is 149 Å². The van der Waals surface area contributed by atoms with Gasteiger partial charge in [0, 0.05) is 46.4 Å². The SMILES string of the molecule is CCOCCCCNC(=NC)NCCCCN1CC(C)CC(C)C1. The van der Waals surface area contributed by atoms with Crippen molar-refractivity contribution >= 4 is 5.96 Å². The predicted octanol–water partition coefficient (Wildman–Crippen LogP) is 2.73. The molecule has 1 heterocycles. The molecule has 0 aromatic carbocycles. The number of nitrogens with one attached hydrogen (secondary N) is 2. The third-order valence-electron chi connectivity index (χ3n) is 4.57. The maximum absolute atomic E-state index is 5.34. The van der Waals surface area contributed by atoms with Gasteiger partial charge in [0.15, 0.2) is 5.96 Å². The number of likely N-dealkylation sites (tertiary alicyclic amines) is 1. The highest BCUT2D eigenvalue weighted by Gasteiger charge is 2.20. The summed E-state index contributed by atoms with van der Waals surface area (Å²) in [5.74, 6) is 2.64. The fourth-order valence-electron chi connectivity index (χ4n) is 3.54. The van der Waals surface area contributed by atoms with E-state index in [0.717, 1.165) is 56.9 Å². The second-order valence-electron chi connectivity index (χ2n) is 7.24. The van der Waals surface area contributed by atoms with Gasteiger partial charge in [-0.05, 0) is 57.4 Å². The van der Waals surface area contributed by atoms with Crippen LogP contribution in [0.15, 0.2) is 4.99 Å². The molecule has 0 aromatic heterocycles. The van der Waals surface area contributed by atoms with Crippen molar-refractivity contribution in [2.45, 2.75) is 52.9 Å². The monoisotopic (exact) mass is 340 g/mol. The summed E-state index contributed by atoms with van der Waals surface area (Å²) < 4.78 is 5.34. The average Bonchev–Trinajstić information content (AvgIpc) is 2.55. The summed E-state index contributed by atoms with van der Waals surface area (Å²) in [5.41, 5.74) is 0. The molecular formula is C19H40N4O. The molecule has 1 fully saturated rings. The van der Waals surface area contributed by atoms with Crippen molar-refractivity contribution in [1.82, 2.24) is 15.5 Å². The van der Waals surface area contributed by atoms with Crippen molar-refractivity contribution in [3.05, 3.63) is 0 Å². The van der Waals surface area contributed by atoms with E-state index in [1.54, 1.807) is 0 Å². The summed E-state index contributed by atoms with van der Waals surface area (Å²) in [6.45, 7) is 14.2.